The van der Waals surface area contributed by atoms with Crippen molar-refractivity contribution in [1.82, 2.24) is 20.2 Å². The quantitative estimate of drug-likeness (QED) is 0.599. The lowest BCUT2D eigenvalue weighted by molar-refractivity contribution is 0.0596. The first-order chi connectivity index (χ1) is 7.81. The monoisotopic (exact) mass is 216 g/mol. The number of aromatic amines is 2. The van der Waals surface area contributed by atoms with Crippen LogP contribution < -0.4 is 0 Å². The summed E-state index contributed by atoms with van der Waals surface area (Å²) in [7, 11) is 1.32. The third-order valence-corrected chi connectivity index (χ3v) is 2.45. The van der Waals surface area contributed by atoms with E-state index in [1.54, 1.807) is 6.20 Å². The molecular weight excluding hydrogens is 208 g/mol. The zero-order valence-electron chi connectivity index (χ0n) is 8.44. The number of nitrogens with zero attached hydrogens (tertiary/aromatic N) is 2. The minimum atomic E-state index is -0.474. The Morgan fingerprint density at radius 3 is 3.12 bits per heavy atom. The van der Waals surface area contributed by atoms with Gasteiger partial charge in [-0.05, 0) is 12.1 Å². The standard InChI is InChI=1S/C10H8N4O2/c1-16-10(15)9-7-8(13-14-9)6-5(12-7)3-2-4-11-6/h2-4,12H,1H3,(H,13,14). The van der Waals surface area contributed by atoms with E-state index in [9.17, 15) is 4.79 Å². The molecule has 6 heteroatoms. The van der Waals surface area contributed by atoms with Crippen LogP contribution in [0.1, 0.15) is 10.5 Å². The number of ether oxygens (including phenoxy) is 1. The smallest absolute Gasteiger partial charge is 0.360 e. The van der Waals surface area contributed by atoms with Crippen molar-refractivity contribution in [1.29, 1.82) is 0 Å². The number of carbonyl (C=O) groups excluding carboxylic acids is 1. The normalized spacial score (nSPS) is 11.1. The van der Waals surface area contributed by atoms with Crippen molar-refractivity contribution in [2.45, 2.75) is 0 Å². The molecule has 16 heavy (non-hydrogen) atoms. The van der Waals surface area contributed by atoms with E-state index in [1.807, 2.05) is 12.1 Å². The van der Waals surface area contributed by atoms with Crippen molar-refractivity contribution in [3.8, 4) is 0 Å². The lowest BCUT2D eigenvalue weighted by atomic mass is 10.3. The van der Waals surface area contributed by atoms with Crippen LogP contribution in [0.15, 0.2) is 18.3 Å². The van der Waals surface area contributed by atoms with E-state index in [0.29, 0.717) is 5.52 Å². The van der Waals surface area contributed by atoms with Crippen LogP contribution in [0.5, 0.6) is 0 Å². The Balaban J connectivity index is 2.38. The second-order valence-corrected chi connectivity index (χ2v) is 3.34. The number of hydrogen-bond acceptors (Lipinski definition) is 4. The summed E-state index contributed by atoms with van der Waals surface area (Å²) in [5.41, 5.74) is 3.21. The molecule has 80 valence electrons. The molecule has 0 aromatic carbocycles. The van der Waals surface area contributed by atoms with Crippen molar-refractivity contribution in [3.63, 3.8) is 0 Å². The van der Waals surface area contributed by atoms with Crippen LogP contribution in [-0.4, -0.2) is 33.2 Å². The van der Waals surface area contributed by atoms with E-state index in [0.717, 1.165) is 16.6 Å². The highest BCUT2D eigenvalue weighted by Gasteiger charge is 2.18. The van der Waals surface area contributed by atoms with Gasteiger partial charge in [0.15, 0.2) is 5.69 Å². The molecule has 0 aliphatic carbocycles. The fraction of sp³-hybridized carbons (Fsp3) is 0.100. The molecule has 0 amide bonds. The summed E-state index contributed by atoms with van der Waals surface area (Å²) >= 11 is 0. The lowest BCUT2D eigenvalue weighted by Crippen LogP contribution is -2.02. The van der Waals surface area contributed by atoms with Crippen LogP contribution in [0.25, 0.3) is 22.1 Å². The second-order valence-electron chi connectivity index (χ2n) is 3.34. The SMILES string of the molecule is COC(=O)c1n[nH]c2c1[nH]c1cccnc12. The molecule has 0 spiro atoms. The van der Waals surface area contributed by atoms with Gasteiger partial charge in [-0.25, -0.2) is 4.79 Å². The molecule has 3 heterocycles. The van der Waals surface area contributed by atoms with Gasteiger partial charge in [0.2, 0.25) is 0 Å². The van der Waals surface area contributed by atoms with E-state index in [1.165, 1.54) is 7.11 Å². The van der Waals surface area contributed by atoms with E-state index >= 15 is 0 Å². The highest BCUT2D eigenvalue weighted by Crippen LogP contribution is 2.23. The van der Waals surface area contributed by atoms with Gasteiger partial charge in [0.05, 0.1) is 12.6 Å². The number of carbonyl (C=O) groups is 1. The first-order valence-corrected chi connectivity index (χ1v) is 4.70. The fourth-order valence-corrected chi connectivity index (χ4v) is 1.72. The van der Waals surface area contributed by atoms with E-state index in [2.05, 4.69) is 24.9 Å². The first kappa shape index (κ1) is 8.90. The van der Waals surface area contributed by atoms with Crippen LogP contribution in [0.3, 0.4) is 0 Å². The van der Waals surface area contributed by atoms with Gasteiger partial charge in [0.1, 0.15) is 16.6 Å². The third kappa shape index (κ3) is 1.04. The highest BCUT2D eigenvalue weighted by atomic mass is 16.5. The van der Waals surface area contributed by atoms with Gasteiger partial charge in [-0.2, -0.15) is 5.10 Å². The van der Waals surface area contributed by atoms with Crippen LogP contribution in [-0.2, 0) is 4.74 Å². The Morgan fingerprint density at radius 1 is 1.44 bits per heavy atom. The number of H-pyrrole nitrogens is 2. The van der Waals surface area contributed by atoms with Crippen LogP contribution in [0.4, 0.5) is 0 Å². The number of nitrogens with one attached hydrogen (secondary N) is 2. The van der Waals surface area contributed by atoms with Gasteiger partial charge in [0, 0.05) is 6.20 Å². The molecule has 0 saturated carbocycles. The van der Waals surface area contributed by atoms with Crippen molar-refractivity contribution in [2.24, 2.45) is 0 Å². The molecule has 3 aromatic rings. The minimum absolute atomic E-state index is 0.246. The number of hydrogen-bond donors (Lipinski definition) is 2. The van der Waals surface area contributed by atoms with Gasteiger partial charge in [-0.15, -0.1) is 0 Å². The Kier molecular flexibility index (Phi) is 1.70. The predicted octanol–water partition coefficient (Wildman–Crippen LogP) is 1.23. The zero-order valence-corrected chi connectivity index (χ0v) is 8.44. The van der Waals surface area contributed by atoms with Crippen LogP contribution >= 0.6 is 0 Å². The average Bonchev–Trinajstić information content (AvgIpc) is 2.86. The molecule has 3 rings (SSSR count). The molecule has 2 N–H and O–H groups in total. The number of rotatable bonds is 1. The summed E-state index contributed by atoms with van der Waals surface area (Å²) < 4.78 is 4.64. The largest absolute Gasteiger partial charge is 0.464 e. The topological polar surface area (TPSA) is 83.7 Å². The maximum absolute atomic E-state index is 11.4. The molecular formula is C10H8N4O2. The van der Waals surface area contributed by atoms with Crippen LogP contribution in [0.2, 0.25) is 0 Å². The molecule has 6 nitrogen and oxygen atoms in total. The summed E-state index contributed by atoms with van der Waals surface area (Å²) in [6.07, 6.45) is 1.69. The highest BCUT2D eigenvalue weighted by molar-refractivity contribution is 6.09. The van der Waals surface area contributed by atoms with Crippen molar-refractivity contribution in [3.05, 3.63) is 24.0 Å². The number of esters is 1. The van der Waals surface area contributed by atoms with Crippen molar-refractivity contribution < 1.29 is 9.53 Å². The molecule has 0 bridgehead atoms. The Hall–Kier alpha value is -2.37. The van der Waals surface area contributed by atoms with Gasteiger partial charge in [-0.1, -0.05) is 0 Å². The van der Waals surface area contributed by atoms with E-state index < -0.39 is 5.97 Å². The minimum Gasteiger partial charge on any atom is -0.464 e. The maximum Gasteiger partial charge on any atom is 0.360 e. The number of fused-ring (bicyclic) bond motifs is 3. The van der Waals surface area contributed by atoms with Gasteiger partial charge < -0.3 is 9.72 Å². The zero-order chi connectivity index (χ0) is 11.1. The summed E-state index contributed by atoms with van der Waals surface area (Å²) in [5, 5.41) is 6.69. The van der Waals surface area contributed by atoms with Gasteiger partial charge >= 0.3 is 5.97 Å². The summed E-state index contributed by atoms with van der Waals surface area (Å²) in [6, 6.07) is 3.71. The van der Waals surface area contributed by atoms with E-state index in [4.69, 9.17) is 0 Å². The second kappa shape index (κ2) is 3.06. The molecule has 0 saturated heterocycles. The first-order valence-electron chi connectivity index (χ1n) is 4.70. The Labute approximate surface area is 89.6 Å². The summed E-state index contributed by atoms with van der Waals surface area (Å²) in [5.74, 6) is -0.474. The van der Waals surface area contributed by atoms with Crippen LogP contribution in [0, 0.1) is 0 Å². The number of methoxy groups -OCH3 is 1. The van der Waals surface area contributed by atoms with Gasteiger partial charge in [-0.3, -0.25) is 10.1 Å². The molecule has 0 aliphatic heterocycles. The average molecular weight is 216 g/mol. The van der Waals surface area contributed by atoms with Crippen molar-refractivity contribution >= 4 is 28.0 Å². The molecule has 0 atom stereocenters. The lowest BCUT2D eigenvalue weighted by Gasteiger charge is -1.91. The summed E-state index contributed by atoms with van der Waals surface area (Å²) in [4.78, 5) is 18.7. The van der Waals surface area contributed by atoms with Gasteiger partial charge in [0.25, 0.3) is 0 Å². The van der Waals surface area contributed by atoms with E-state index in [-0.39, 0.29) is 5.69 Å². The third-order valence-electron chi connectivity index (χ3n) is 2.45. The summed E-state index contributed by atoms with van der Waals surface area (Å²) in [6.45, 7) is 0. The predicted molar refractivity (Wildman–Crippen MR) is 57.1 cm³/mol. The Morgan fingerprint density at radius 2 is 2.31 bits per heavy atom. The molecule has 0 aliphatic rings. The Bertz CT molecular complexity index is 682. The van der Waals surface area contributed by atoms with Crippen molar-refractivity contribution in [2.75, 3.05) is 7.11 Å². The number of pyridine rings is 1. The number of aromatic nitrogens is 4. The maximum atomic E-state index is 11.4. The molecule has 0 unspecified atom stereocenters. The molecule has 0 fully saturated rings. The molecule has 0 radical (unpaired) electrons. The molecule has 3 aromatic heterocycles. The fourth-order valence-electron chi connectivity index (χ4n) is 1.72.